The second-order valence-electron chi connectivity index (χ2n) is 4.46. The molecule has 0 spiro atoms. The second kappa shape index (κ2) is 8.04. The van der Waals surface area contributed by atoms with Crippen molar-refractivity contribution in [2.24, 2.45) is 10.9 Å². The minimum Gasteiger partial charge on any atom is -0.497 e. The van der Waals surface area contributed by atoms with E-state index in [0.717, 1.165) is 17.7 Å². The molecular weight excluding hydrogens is 258 g/mol. The highest BCUT2D eigenvalue weighted by atomic mass is 16.5. The van der Waals surface area contributed by atoms with Gasteiger partial charge in [-0.2, -0.15) is 0 Å². The number of nitrogens with zero attached hydrogens (tertiary/aromatic N) is 1. The predicted molar refractivity (Wildman–Crippen MR) is 76.9 cm³/mol. The van der Waals surface area contributed by atoms with Crippen LogP contribution in [0.25, 0.3) is 0 Å². The Hall–Kier alpha value is -2.24. The maximum absolute atomic E-state index is 11.9. The first-order chi connectivity index (χ1) is 9.60. The van der Waals surface area contributed by atoms with Gasteiger partial charge in [-0.15, -0.1) is 0 Å². The Bertz CT molecular complexity index is 457. The lowest BCUT2D eigenvalue weighted by Crippen LogP contribution is -2.45. The van der Waals surface area contributed by atoms with Gasteiger partial charge in [0.1, 0.15) is 5.75 Å². The summed E-state index contributed by atoms with van der Waals surface area (Å²) in [6, 6.07) is 6.83. The van der Waals surface area contributed by atoms with Crippen LogP contribution in [0.3, 0.4) is 0 Å². The molecule has 1 unspecified atom stereocenters. The van der Waals surface area contributed by atoms with Crippen LogP contribution >= 0.6 is 0 Å². The summed E-state index contributed by atoms with van der Waals surface area (Å²) in [6.07, 6.45) is 1.69. The van der Waals surface area contributed by atoms with Crippen molar-refractivity contribution in [1.29, 1.82) is 0 Å². The van der Waals surface area contributed by atoms with Crippen molar-refractivity contribution >= 4 is 11.7 Å². The van der Waals surface area contributed by atoms with E-state index in [0.29, 0.717) is 6.42 Å². The van der Waals surface area contributed by atoms with Crippen LogP contribution in [0, 0.1) is 0 Å². The minimum absolute atomic E-state index is 0.0231. The first-order valence-electron chi connectivity index (χ1n) is 6.50. The van der Waals surface area contributed by atoms with Crippen molar-refractivity contribution in [2.45, 2.75) is 32.2 Å². The smallest absolute Gasteiger partial charge is 0.225 e. The number of methoxy groups -OCH3 is 1. The lowest BCUT2D eigenvalue weighted by Gasteiger charge is -2.16. The zero-order chi connectivity index (χ0) is 15.0. The summed E-state index contributed by atoms with van der Waals surface area (Å²) in [4.78, 5) is 11.9. The lowest BCUT2D eigenvalue weighted by atomic mass is 10.1. The maximum atomic E-state index is 11.9. The van der Waals surface area contributed by atoms with Crippen LogP contribution < -0.4 is 15.8 Å². The molecule has 1 rings (SSSR count). The molecule has 0 aromatic heterocycles. The number of nitrogens with one attached hydrogen (secondary N) is 1. The molecule has 1 atom stereocenters. The van der Waals surface area contributed by atoms with Gasteiger partial charge < -0.3 is 21.0 Å². The number of hydrogen-bond acceptors (Lipinski definition) is 4. The Kier molecular flexibility index (Phi) is 6.36. The standard InChI is InChI=1S/C14H21N3O3/c1-3-4-12(14(15)17-19)16-13(18)9-10-5-7-11(20-2)8-6-10/h5-8,12,19H,3-4,9H2,1-2H3,(H2,15,17)(H,16,18). The molecule has 0 aliphatic rings. The van der Waals surface area contributed by atoms with E-state index in [1.54, 1.807) is 19.2 Å². The van der Waals surface area contributed by atoms with Crippen LogP contribution in [-0.4, -0.2) is 30.1 Å². The van der Waals surface area contributed by atoms with Crippen LogP contribution in [0.4, 0.5) is 0 Å². The van der Waals surface area contributed by atoms with Gasteiger partial charge in [-0.25, -0.2) is 0 Å². The van der Waals surface area contributed by atoms with Crippen LogP contribution in [0.15, 0.2) is 29.4 Å². The van der Waals surface area contributed by atoms with Gasteiger partial charge in [0.05, 0.1) is 19.6 Å². The molecule has 0 saturated heterocycles. The van der Waals surface area contributed by atoms with Crippen molar-refractivity contribution in [3.05, 3.63) is 29.8 Å². The molecule has 4 N–H and O–H groups in total. The van der Waals surface area contributed by atoms with E-state index < -0.39 is 6.04 Å². The predicted octanol–water partition coefficient (Wildman–Crippen LogP) is 1.27. The summed E-state index contributed by atoms with van der Waals surface area (Å²) in [5.74, 6) is 0.602. The summed E-state index contributed by atoms with van der Waals surface area (Å²) >= 11 is 0. The number of amides is 1. The van der Waals surface area contributed by atoms with Gasteiger partial charge in [0.2, 0.25) is 5.91 Å². The summed E-state index contributed by atoms with van der Waals surface area (Å²) in [7, 11) is 1.59. The number of ether oxygens (including phenoxy) is 1. The third-order valence-corrected chi connectivity index (χ3v) is 2.91. The molecular formula is C14H21N3O3. The maximum Gasteiger partial charge on any atom is 0.225 e. The SMILES string of the molecule is CCCC(NC(=O)Cc1ccc(OC)cc1)/C(N)=N/O. The fourth-order valence-corrected chi connectivity index (χ4v) is 1.83. The fourth-order valence-electron chi connectivity index (χ4n) is 1.83. The zero-order valence-corrected chi connectivity index (χ0v) is 11.8. The number of carbonyl (C=O) groups is 1. The van der Waals surface area contributed by atoms with E-state index in [4.69, 9.17) is 15.7 Å². The van der Waals surface area contributed by atoms with Gasteiger partial charge in [-0.3, -0.25) is 4.79 Å². The highest BCUT2D eigenvalue weighted by Crippen LogP contribution is 2.11. The zero-order valence-electron chi connectivity index (χ0n) is 11.8. The summed E-state index contributed by atoms with van der Waals surface area (Å²) in [6.45, 7) is 1.97. The van der Waals surface area contributed by atoms with Crippen molar-refractivity contribution in [2.75, 3.05) is 7.11 Å². The van der Waals surface area contributed by atoms with Crippen LogP contribution in [0.5, 0.6) is 5.75 Å². The van der Waals surface area contributed by atoms with E-state index in [1.165, 1.54) is 0 Å². The third-order valence-electron chi connectivity index (χ3n) is 2.91. The van der Waals surface area contributed by atoms with E-state index in [1.807, 2.05) is 19.1 Å². The number of amidine groups is 1. The average molecular weight is 279 g/mol. The third kappa shape index (κ3) is 4.79. The van der Waals surface area contributed by atoms with Crippen molar-refractivity contribution in [3.8, 4) is 5.75 Å². The number of oxime groups is 1. The van der Waals surface area contributed by atoms with Crippen LogP contribution in [0.2, 0.25) is 0 Å². The van der Waals surface area contributed by atoms with Crippen molar-refractivity contribution < 1.29 is 14.7 Å². The Labute approximate surface area is 118 Å². The molecule has 0 aliphatic carbocycles. The summed E-state index contributed by atoms with van der Waals surface area (Å²) in [5.41, 5.74) is 6.42. The molecule has 0 saturated carbocycles. The lowest BCUT2D eigenvalue weighted by molar-refractivity contribution is -0.120. The van der Waals surface area contributed by atoms with Gasteiger partial charge in [0.25, 0.3) is 0 Å². The van der Waals surface area contributed by atoms with Crippen molar-refractivity contribution in [3.63, 3.8) is 0 Å². The monoisotopic (exact) mass is 279 g/mol. The highest BCUT2D eigenvalue weighted by Gasteiger charge is 2.16. The number of nitrogens with two attached hydrogens (primary N) is 1. The Morgan fingerprint density at radius 2 is 2.10 bits per heavy atom. The topological polar surface area (TPSA) is 96.9 Å². The molecule has 6 heteroatoms. The van der Waals surface area contributed by atoms with Crippen molar-refractivity contribution in [1.82, 2.24) is 5.32 Å². The first-order valence-corrected chi connectivity index (χ1v) is 6.50. The summed E-state index contributed by atoms with van der Waals surface area (Å²) in [5, 5.41) is 14.4. The second-order valence-corrected chi connectivity index (χ2v) is 4.46. The molecule has 6 nitrogen and oxygen atoms in total. The molecule has 1 aromatic carbocycles. The van der Waals surface area contributed by atoms with E-state index >= 15 is 0 Å². The van der Waals surface area contributed by atoms with Gasteiger partial charge in [0.15, 0.2) is 5.84 Å². The molecule has 0 radical (unpaired) electrons. The van der Waals surface area contributed by atoms with Crippen LogP contribution in [0.1, 0.15) is 25.3 Å². The van der Waals surface area contributed by atoms with E-state index in [-0.39, 0.29) is 18.2 Å². The number of carbonyl (C=O) groups excluding carboxylic acids is 1. The molecule has 110 valence electrons. The Morgan fingerprint density at radius 3 is 2.60 bits per heavy atom. The molecule has 0 aliphatic heterocycles. The molecule has 0 fully saturated rings. The van der Waals surface area contributed by atoms with E-state index in [9.17, 15) is 4.79 Å². The number of hydrogen-bond donors (Lipinski definition) is 3. The van der Waals surface area contributed by atoms with E-state index in [2.05, 4.69) is 10.5 Å². The Morgan fingerprint density at radius 1 is 1.45 bits per heavy atom. The van der Waals surface area contributed by atoms with Gasteiger partial charge in [-0.05, 0) is 24.1 Å². The largest absolute Gasteiger partial charge is 0.497 e. The average Bonchev–Trinajstić information content (AvgIpc) is 2.46. The van der Waals surface area contributed by atoms with Gasteiger partial charge >= 0.3 is 0 Å². The van der Waals surface area contributed by atoms with Gasteiger partial charge in [-0.1, -0.05) is 30.6 Å². The molecule has 0 bridgehead atoms. The summed E-state index contributed by atoms with van der Waals surface area (Å²) < 4.78 is 5.06. The fraction of sp³-hybridized carbons (Fsp3) is 0.429. The molecule has 0 heterocycles. The first kappa shape index (κ1) is 15.8. The van der Waals surface area contributed by atoms with Crippen LogP contribution in [-0.2, 0) is 11.2 Å². The Balaban J connectivity index is 2.60. The normalized spacial score (nSPS) is 12.8. The molecule has 1 aromatic rings. The number of rotatable bonds is 7. The number of benzene rings is 1. The molecule has 20 heavy (non-hydrogen) atoms. The quantitative estimate of drug-likeness (QED) is 0.303. The van der Waals surface area contributed by atoms with Gasteiger partial charge in [0, 0.05) is 0 Å². The minimum atomic E-state index is -0.434. The highest BCUT2D eigenvalue weighted by molar-refractivity contribution is 5.90. The molecule has 1 amide bonds.